The van der Waals surface area contributed by atoms with E-state index in [2.05, 4.69) is 16.8 Å². The fourth-order valence-electron chi connectivity index (χ4n) is 2.80. The van der Waals surface area contributed by atoms with Gasteiger partial charge < -0.3 is 16.0 Å². The zero-order valence-corrected chi connectivity index (χ0v) is 13.8. The third-order valence-electron chi connectivity index (χ3n) is 4.12. The minimum absolute atomic E-state index is 0.00296. The van der Waals surface area contributed by atoms with Crippen LogP contribution in [0.15, 0.2) is 29.6 Å². The summed E-state index contributed by atoms with van der Waals surface area (Å²) in [6.07, 6.45) is 0.904. The van der Waals surface area contributed by atoms with Crippen LogP contribution in [0, 0.1) is 6.92 Å². The first-order valence-corrected chi connectivity index (χ1v) is 8.42. The number of anilines is 1. The van der Waals surface area contributed by atoms with Crippen LogP contribution in [0.4, 0.5) is 5.69 Å². The predicted molar refractivity (Wildman–Crippen MR) is 91.6 cm³/mol. The molecule has 2 heterocycles. The second-order valence-corrected chi connectivity index (χ2v) is 6.58. The van der Waals surface area contributed by atoms with E-state index in [0.29, 0.717) is 17.8 Å². The molecule has 3 rings (SSSR count). The first-order chi connectivity index (χ1) is 11.1. The van der Waals surface area contributed by atoms with E-state index < -0.39 is 0 Å². The van der Waals surface area contributed by atoms with E-state index in [-0.39, 0.29) is 18.4 Å². The Balaban J connectivity index is 1.83. The van der Waals surface area contributed by atoms with Crippen LogP contribution < -0.4 is 11.1 Å². The van der Waals surface area contributed by atoms with Crippen molar-refractivity contribution in [2.45, 2.75) is 19.9 Å². The molecule has 0 atom stereocenters. The Kier molecular flexibility index (Phi) is 4.45. The Hall–Kier alpha value is -2.18. The smallest absolute Gasteiger partial charge is 0.254 e. The maximum absolute atomic E-state index is 12.9. The van der Waals surface area contributed by atoms with Crippen molar-refractivity contribution >= 4 is 28.8 Å². The highest BCUT2D eigenvalue weighted by Crippen LogP contribution is 2.27. The van der Waals surface area contributed by atoms with E-state index in [4.69, 9.17) is 5.73 Å². The standard InChI is InChI=1S/C17H19N3O2S/c1-11-13(3-2-4-14(11)19-16(21)9-18)17(22)20-7-5-15-12(10-20)6-8-23-15/h2-4,6,8H,5,7,9-10,18H2,1H3,(H,19,21). The van der Waals surface area contributed by atoms with Crippen LogP contribution in [0.2, 0.25) is 0 Å². The molecule has 0 unspecified atom stereocenters. The lowest BCUT2D eigenvalue weighted by Crippen LogP contribution is -2.35. The van der Waals surface area contributed by atoms with Gasteiger partial charge in [0.25, 0.3) is 5.91 Å². The normalized spacial score (nSPS) is 13.6. The fraction of sp³-hybridized carbons (Fsp3) is 0.294. The fourth-order valence-corrected chi connectivity index (χ4v) is 3.69. The lowest BCUT2D eigenvalue weighted by atomic mass is 10.0. The molecule has 1 aliphatic heterocycles. The van der Waals surface area contributed by atoms with Crippen molar-refractivity contribution in [1.29, 1.82) is 0 Å². The minimum atomic E-state index is -0.265. The van der Waals surface area contributed by atoms with Gasteiger partial charge in [-0.25, -0.2) is 0 Å². The molecule has 23 heavy (non-hydrogen) atoms. The van der Waals surface area contributed by atoms with Crippen LogP contribution in [0.1, 0.15) is 26.4 Å². The molecule has 0 radical (unpaired) electrons. The molecule has 0 aliphatic carbocycles. The molecule has 2 amide bonds. The van der Waals surface area contributed by atoms with Crippen molar-refractivity contribution in [2.75, 3.05) is 18.4 Å². The first-order valence-electron chi connectivity index (χ1n) is 7.54. The van der Waals surface area contributed by atoms with Gasteiger partial charge in [0.15, 0.2) is 0 Å². The van der Waals surface area contributed by atoms with Gasteiger partial charge in [-0.2, -0.15) is 0 Å². The Bertz CT molecular complexity index is 754. The number of nitrogens with one attached hydrogen (secondary N) is 1. The van der Waals surface area contributed by atoms with Gasteiger partial charge in [-0.05, 0) is 48.1 Å². The maximum Gasteiger partial charge on any atom is 0.254 e. The number of benzene rings is 1. The third kappa shape index (κ3) is 3.13. The zero-order chi connectivity index (χ0) is 16.4. The Morgan fingerprint density at radius 3 is 2.96 bits per heavy atom. The number of amides is 2. The molecule has 2 aromatic rings. The second-order valence-electron chi connectivity index (χ2n) is 5.58. The molecule has 1 aromatic carbocycles. The van der Waals surface area contributed by atoms with Crippen molar-refractivity contribution < 1.29 is 9.59 Å². The highest BCUT2D eigenvalue weighted by atomic mass is 32.1. The van der Waals surface area contributed by atoms with Crippen LogP contribution in [0.3, 0.4) is 0 Å². The van der Waals surface area contributed by atoms with E-state index in [1.54, 1.807) is 29.5 Å². The van der Waals surface area contributed by atoms with E-state index >= 15 is 0 Å². The van der Waals surface area contributed by atoms with Gasteiger partial charge in [0.1, 0.15) is 0 Å². The average molecular weight is 329 g/mol. The summed E-state index contributed by atoms with van der Waals surface area (Å²) in [7, 11) is 0. The largest absolute Gasteiger partial charge is 0.334 e. The highest BCUT2D eigenvalue weighted by Gasteiger charge is 2.24. The number of carbonyl (C=O) groups is 2. The third-order valence-corrected chi connectivity index (χ3v) is 5.14. The molecule has 3 N–H and O–H groups in total. The number of nitrogens with two attached hydrogens (primary N) is 1. The Morgan fingerprint density at radius 1 is 1.35 bits per heavy atom. The quantitative estimate of drug-likeness (QED) is 0.906. The van der Waals surface area contributed by atoms with E-state index in [9.17, 15) is 9.59 Å². The van der Waals surface area contributed by atoms with Crippen molar-refractivity contribution in [3.05, 3.63) is 51.2 Å². The summed E-state index contributed by atoms with van der Waals surface area (Å²) in [4.78, 5) is 27.6. The zero-order valence-electron chi connectivity index (χ0n) is 13.0. The second kappa shape index (κ2) is 6.52. The molecule has 0 spiro atoms. The van der Waals surface area contributed by atoms with Crippen molar-refractivity contribution in [1.82, 2.24) is 4.90 Å². The Labute approximate surface area is 139 Å². The number of fused-ring (bicyclic) bond motifs is 1. The average Bonchev–Trinajstić information content (AvgIpc) is 3.03. The summed E-state index contributed by atoms with van der Waals surface area (Å²) in [5, 5.41) is 4.81. The SMILES string of the molecule is Cc1c(NC(=O)CN)cccc1C(=O)N1CCc2sccc2C1. The lowest BCUT2D eigenvalue weighted by Gasteiger charge is -2.28. The van der Waals surface area contributed by atoms with Crippen molar-refractivity contribution in [3.8, 4) is 0 Å². The topological polar surface area (TPSA) is 75.4 Å². The van der Waals surface area contributed by atoms with Gasteiger partial charge in [-0.3, -0.25) is 9.59 Å². The minimum Gasteiger partial charge on any atom is -0.334 e. The number of hydrogen-bond donors (Lipinski definition) is 2. The van der Waals surface area contributed by atoms with Gasteiger partial charge in [-0.15, -0.1) is 11.3 Å². The van der Waals surface area contributed by atoms with Crippen LogP contribution in [-0.2, 0) is 17.8 Å². The summed E-state index contributed by atoms with van der Waals surface area (Å²) >= 11 is 1.75. The summed E-state index contributed by atoms with van der Waals surface area (Å²) in [5.74, 6) is -0.262. The van der Waals surface area contributed by atoms with Gasteiger partial charge in [0, 0.05) is 29.2 Å². The number of rotatable bonds is 3. The summed E-state index contributed by atoms with van der Waals surface area (Å²) < 4.78 is 0. The van der Waals surface area contributed by atoms with E-state index in [1.165, 1.54) is 10.4 Å². The monoisotopic (exact) mass is 329 g/mol. The van der Waals surface area contributed by atoms with Crippen LogP contribution >= 0.6 is 11.3 Å². The van der Waals surface area contributed by atoms with Gasteiger partial charge in [0.2, 0.25) is 5.91 Å². The summed E-state index contributed by atoms with van der Waals surface area (Å²) in [6.45, 7) is 3.14. The molecule has 0 saturated carbocycles. The van der Waals surface area contributed by atoms with Crippen molar-refractivity contribution in [2.24, 2.45) is 5.73 Å². The van der Waals surface area contributed by atoms with Gasteiger partial charge in [0.05, 0.1) is 6.54 Å². The molecular formula is C17H19N3O2S. The molecule has 120 valence electrons. The molecular weight excluding hydrogens is 310 g/mol. The van der Waals surface area contributed by atoms with E-state index in [1.807, 2.05) is 11.8 Å². The Morgan fingerprint density at radius 2 is 2.17 bits per heavy atom. The number of thiophene rings is 1. The van der Waals surface area contributed by atoms with Crippen LogP contribution in [0.5, 0.6) is 0 Å². The van der Waals surface area contributed by atoms with Gasteiger partial charge in [-0.1, -0.05) is 6.07 Å². The van der Waals surface area contributed by atoms with Crippen molar-refractivity contribution in [3.63, 3.8) is 0 Å². The maximum atomic E-state index is 12.9. The number of carbonyl (C=O) groups excluding carboxylic acids is 2. The summed E-state index contributed by atoms with van der Waals surface area (Å²) in [6, 6.07) is 7.46. The number of nitrogens with zero attached hydrogens (tertiary/aromatic N) is 1. The molecule has 0 bridgehead atoms. The lowest BCUT2D eigenvalue weighted by molar-refractivity contribution is -0.114. The molecule has 1 aromatic heterocycles. The molecule has 6 heteroatoms. The van der Waals surface area contributed by atoms with Gasteiger partial charge >= 0.3 is 0 Å². The first kappa shape index (κ1) is 15.7. The van der Waals surface area contributed by atoms with Crippen LogP contribution in [0.25, 0.3) is 0 Å². The molecule has 0 fully saturated rings. The summed E-state index contributed by atoms with van der Waals surface area (Å²) in [5.41, 5.74) is 8.61. The number of hydrogen-bond acceptors (Lipinski definition) is 4. The molecule has 1 aliphatic rings. The highest BCUT2D eigenvalue weighted by molar-refractivity contribution is 7.10. The van der Waals surface area contributed by atoms with Crippen LogP contribution in [-0.4, -0.2) is 29.8 Å². The molecule has 0 saturated heterocycles. The molecule has 5 nitrogen and oxygen atoms in total. The van der Waals surface area contributed by atoms with E-state index in [0.717, 1.165) is 18.5 Å². The predicted octanol–water partition coefficient (Wildman–Crippen LogP) is 2.15.